The summed E-state index contributed by atoms with van der Waals surface area (Å²) in [4.78, 5) is 0. The average Bonchev–Trinajstić information content (AvgIpc) is 2.27. The largest absolute Gasteiger partial charge is 0.507 e. The molecule has 2 atom stereocenters. The van der Waals surface area contributed by atoms with Crippen LogP contribution in [0.1, 0.15) is 43.7 Å². The van der Waals surface area contributed by atoms with Gasteiger partial charge in [-0.25, -0.2) is 0 Å². The van der Waals surface area contributed by atoms with Crippen LogP contribution >= 0.6 is 0 Å². The normalized spacial score (nSPS) is 23.0. The zero-order valence-electron chi connectivity index (χ0n) is 11.9. The molecule has 2 N–H and O–H groups in total. The number of phenolic OH excluding ortho intramolecular Hbond substituents is 2. The maximum absolute atomic E-state index is 10.2. The van der Waals surface area contributed by atoms with E-state index in [1.54, 1.807) is 12.1 Å². The highest BCUT2D eigenvalue weighted by atomic mass is 16.3. The Morgan fingerprint density at radius 1 is 1.21 bits per heavy atom. The maximum atomic E-state index is 10.2. The van der Waals surface area contributed by atoms with Gasteiger partial charge in [-0.05, 0) is 57.2 Å². The average molecular weight is 258 g/mol. The van der Waals surface area contributed by atoms with Crippen molar-refractivity contribution in [2.45, 2.75) is 39.5 Å². The standard InChI is InChI=1S/C17H22O2/c1-10(2)13-6-5-11(3)7-14(13)17-15(18)8-12(4)9-16(17)19/h7-9,13-14,18-19H,1,5-6H2,2-4H3/t13-,14-/m1/s1. The van der Waals surface area contributed by atoms with E-state index in [4.69, 9.17) is 0 Å². The van der Waals surface area contributed by atoms with Crippen molar-refractivity contribution in [3.8, 4) is 11.5 Å². The van der Waals surface area contributed by atoms with Crippen LogP contribution in [-0.2, 0) is 0 Å². The number of allylic oxidation sites excluding steroid dienone is 3. The van der Waals surface area contributed by atoms with Crippen LogP contribution in [0.4, 0.5) is 0 Å². The Bertz CT molecular complexity index is 517. The van der Waals surface area contributed by atoms with Gasteiger partial charge in [0.25, 0.3) is 0 Å². The van der Waals surface area contributed by atoms with Gasteiger partial charge in [-0.2, -0.15) is 0 Å². The van der Waals surface area contributed by atoms with Crippen molar-refractivity contribution in [3.63, 3.8) is 0 Å². The van der Waals surface area contributed by atoms with Crippen LogP contribution in [-0.4, -0.2) is 10.2 Å². The number of rotatable bonds is 2. The predicted molar refractivity (Wildman–Crippen MR) is 78.5 cm³/mol. The number of hydrogen-bond donors (Lipinski definition) is 2. The van der Waals surface area contributed by atoms with E-state index in [2.05, 4.69) is 19.6 Å². The van der Waals surface area contributed by atoms with Gasteiger partial charge in [0.15, 0.2) is 0 Å². The van der Waals surface area contributed by atoms with Crippen molar-refractivity contribution in [1.82, 2.24) is 0 Å². The SMILES string of the molecule is C=C(C)[C@H]1CCC(C)=C[C@H]1c1c(O)cc(C)cc1O. The van der Waals surface area contributed by atoms with Crippen molar-refractivity contribution in [2.75, 3.05) is 0 Å². The topological polar surface area (TPSA) is 40.5 Å². The van der Waals surface area contributed by atoms with E-state index >= 15 is 0 Å². The van der Waals surface area contributed by atoms with Crippen molar-refractivity contribution < 1.29 is 10.2 Å². The fourth-order valence-electron chi connectivity index (χ4n) is 3.01. The highest BCUT2D eigenvalue weighted by Gasteiger charge is 2.29. The molecule has 19 heavy (non-hydrogen) atoms. The van der Waals surface area contributed by atoms with Gasteiger partial charge in [0.05, 0.1) is 0 Å². The van der Waals surface area contributed by atoms with Gasteiger partial charge in [0.2, 0.25) is 0 Å². The molecule has 0 aromatic heterocycles. The number of hydrogen-bond acceptors (Lipinski definition) is 2. The molecular formula is C17H22O2. The third-order valence-electron chi connectivity index (χ3n) is 3.99. The fraction of sp³-hybridized carbons (Fsp3) is 0.412. The molecule has 1 aromatic rings. The predicted octanol–water partition coefficient (Wildman–Crippen LogP) is 4.42. The molecule has 0 aliphatic heterocycles. The van der Waals surface area contributed by atoms with Gasteiger partial charge < -0.3 is 10.2 Å². The molecule has 2 nitrogen and oxygen atoms in total. The van der Waals surface area contributed by atoms with Crippen LogP contribution in [0.2, 0.25) is 0 Å². The molecule has 1 aliphatic carbocycles. The van der Waals surface area contributed by atoms with Crippen molar-refractivity contribution in [1.29, 1.82) is 0 Å². The summed E-state index contributed by atoms with van der Waals surface area (Å²) in [5.74, 6) is 0.662. The maximum Gasteiger partial charge on any atom is 0.123 e. The van der Waals surface area contributed by atoms with Crippen LogP contribution < -0.4 is 0 Å². The Morgan fingerprint density at radius 3 is 2.32 bits per heavy atom. The Morgan fingerprint density at radius 2 is 1.79 bits per heavy atom. The highest BCUT2D eigenvalue weighted by Crippen LogP contribution is 2.46. The quantitative estimate of drug-likeness (QED) is 0.771. The molecule has 1 aliphatic rings. The second-order valence-corrected chi connectivity index (χ2v) is 5.75. The minimum absolute atomic E-state index is 0.0202. The lowest BCUT2D eigenvalue weighted by molar-refractivity contribution is 0.406. The van der Waals surface area contributed by atoms with E-state index in [1.165, 1.54) is 5.57 Å². The third-order valence-corrected chi connectivity index (χ3v) is 3.99. The molecule has 0 unspecified atom stereocenters. The van der Waals surface area contributed by atoms with Crippen LogP contribution in [0, 0.1) is 12.8 Å². The first-order chi connectivity index (χ1) is 8.90. The molecule has 0 heterocycles. The highest BCUT2D eigenvalue weighted by molar-refractivity contribution is 5.51. The first-order valence-corrected chi connectivity index (χ1v) is 6.75. The minimum Gasteiger partial charge on any atom is -0.507 e. The molecule has 2 rings (SSSR count). The van der Waals surface area contributed by atoms with E-state index in [-0.39, 0.29) is 23.3 Å². The number of aryl methyl sites for hydroxylation is 1. The minimum atomic E-state index is 0.0202. The second kappa shape index (κ2) is 5.12. The molecule has 0 saturated carbocycles. The lowest BCUT2D eigenvalue weighted by atomic mass is 9.74. The molecule has 102 valence electrons. The zero-order valence-corrected chi connectivity index (χ0v) is 11.9. The van der Waals surface area contributed by atoms with E-state index < -0.39 is 0 Å². The van der Waals surface area contributed by atoms with E-state index in [0.29, 0.717) is 5.56 Å². The molecule has 1 aromatic carbocycles. The van der Waals surface area contributed by atoms with Gasteiger partial charge in [-0.15, -0.1) is 0 Å². The van der Waals surface area contributed by atoms with Gasteiger partial charge >= 0.3 is 0 Å². The smallest absolute Gasteiger partial charge is 0.123 e. The molecule has 0 bridgehead atoms. The molecule has 0 amide bonds. The summed E-state index contributed by atoms with van der Waals surface area (Å²) in [6.07, 6.45) is 4.24. The van der Waals surface area contributed by atoms with Gasteiger partial charge in [0, 0.05) is 11.5 Å². The summed E-state index contributed by atoms with van der Waals surface area (Å²) in [6, 6.07) is 3.42. The monoisotopic (exact) mass is 258 g/mol. The van der Waals surface area contributed by atoms with E-state index in [9.17, 15) is 10.2 Å². The first-order valence-electron chi connectivity index (χ1n) is 6.75. The van der Waals surface area contributed by atoms with Crippen LogP contribution in [0.25, 0.3) is 0 Å². The fourth-order valence-corrected chi connectivity index (χ4v) is 3.01. The molecule has 0 radical (unpaired) electrons. The van der Waals surface area contributed by atoms with E-state index in [0.717, 1.165) is 24.0 Å². The Balaban J connectivity index is 2.54. The lowest BCUT2D eigenvalue weighted by Gasteiger charge is -2.31. The second-order valence-electron chi connectivity index (χ2n) is 5.75. The third kappa shape index (κ3) is 2.67. The lowest BCUT2D eigenvalue weighted by Crippen LogP contribution is -2.17. The summed E-state index contributed by atoms with van der Waals surface area (Å²) in [7, 11) is 0. The molecule has 0 saturated heterocycles. The molecule has 0 fully saturated rings. The van der Waals surface area contributed by atoms with Crippen molar-refractivity contribution in [3.05, 3.63) is 47.1 Å². The van der Waals surface area contributed by atoms with Crippen LogP contribution in [0.15, 0.2) is 35.9 Å². The number of benzene rings is 1. The van der Waals surface area contributed by atoms with Crippen molar-refractivity contribution >= 4 is 0 Å². The number of aromatic hydroxyl groups is 2. The first kappa shape index (κ1) is 13.7. The van der Waals surface area contributed by atoms with Gasteiger partial charge in [-0.1, -0.05) is 23.8 Å². The molecule has 2 heteroatoms. The molecular weight excluding hydrogens is 236 g/mol. The summed E-state index contributed by atoms with van der Waals surface area (Å²) < 4.78 is 0. The van der Waals surface area contributed by atoms with Gasteiger partial charge in [0.1, 0.15) is 11.5 Å². The van der Waals surface area contributed by atoms with Crippen LogP contribution in [0.5, 0.6) is 11.5 Å². The van der Waals surface area contributed by atoms with Crippen molar-refractivity contribution in [2.24, 2.45) is 5.92 Å². The Kier molecular flexibility index (Phi) is 3.70. The summed E-state index contributed by atoms with van der Waals surface area (Å²) >= 11 is 0. The molecule has 0 spiro atoms. The Hall–Kier alpha value is -1.70. The summed E-state index contributed by atoms with van der Waals surface area (Å²) in [6.45, 7) is 10.0. The van der Waals surface area contributed by atoms with Crippen LogP contribution in [0.3, 0.4) is 0 Å². The number of phenols is 2. The Labute approximate surface area is 115 Å². The van der Waals surface area contributed by atoms with Gasteiger partial charge in [-0.3, -0.25) is 0 Å². The zero-order chi connectivity index (χ0) is 14.2. The van der Waals surface area contributed by atoms with E-state index in [1.807, 2.05) is 13.8 Å². The summed E-state index contributed by atoms with van der Waals surface area (Å²) in [5, 5.41) is 20.4. The summed E-state index contributed by atoms with van der Waals surface area (Å²) in [5.41, 5.74) is 3.91.